The zero-order valence-electron chi connectivity index (χ0n) is 11.8. The number of hydrogen-bond donors (Lipinski definition) is 1. The van der Waals surface area contributed by atoms with E-state index in [1.807, 2.05) is 18.2 Å². The lowest BCUT2D eigenvalue weighted by molar-refractivity contribution is 0.214. The molecule has 1 aliphatic rings. The Balaban J connectivity index is 1.85. The molecule has 19 heavy (non-hydrogen) atoms. The van der Waals surface area contributed by atoms with Crippen LogP contribution in [0.3, 0.4) is 0 Å². The van der Waals surface area contributed by atoms with Crippen molar-refractivity contribution in [2.24, 2.45) is 11.7 Å². The topological polar surface area (TPSA) is 32.5 Å². The molecule has 2 N–H and O–H groups in total. The third-order valence-electron chi connectivity index (χ3n) is 3.99. The van der Waals surface area contributed by atoms with Crippen LogP contribution in [0.15, 0.2) is 24.3 Å². The molecule has 1 aromatic carbocycles. The van der Waals surface area contributed by atoms with Gasteiger partial charge in [-0.25, -0.2) is 0 Å². The number of piperazine rings is 1. The molecule has 4 heteroatoms. The van der Waals surface area contributed by atoms with Crippen LogP contribution in [0, 0.1) is 5.92 Å². The SMILES string of the molecule is CC(N)C(C)CN1CCN(c2cccc(Cl)c2)CC1. The lowest BCUT2D eigenvalue weighted by atomic mass is 10.0. The van der Waals surface area contributed by atoms with Crippen LogP contribution < -0.4 is 10.6 Å². The molecule has 1 saturated heterocycles. The van der Waals surface area contributed by atoms with Gasteiger partial charge in [0.05, 0.1) is 0 Å². The van der Waals surface area contributed by atoms with Crippen LogP contribution in [0.2, 0.25) is 5.02 Å². The minimum absolute atomic E-state index is 0.269. The van der Waals surface area contributed by atoms with Crippen LogP contribution in [-0.4, -0.2) is 43.7 Å². The van der Waals surface area contributed by atoms with E-state index in [1.54, 1.807) is 0 Å². The van der Waals surface area contributed by atoms with Gasteiger partial charge in [-0.3, -0.25) is 4.90 Å². The molecule has 1 aromatic rings. The van der Waals surface area contributed by atoms with E-state index in [0.717, 1.165) is 37.7 Å². The smallest absolute Gasteiger partial charge is 0.0426 e. The molecule has 2 unspecified atom stereocenters. The summed E-state index contributed by atoms with van der Waals surface area (Å²) < 4.78 is 0. The summed E-state index contributed by atoms with van der Waals surface area (Å²) in [5, 5.41) is 0.811. The molecule has 0 bridgehead atoms. The maximum atomic E-state index is 6.05. The van der Waals surface area contributed by atoms with Crippen molar-refractivity contribution in [2.75, 3.05) is 37.6 Å². The molecule has 0 radical (unpaired) electrons. The average Bonchev–Trinajstić information content (AvgIpc) is 2.39. The van der Waals surface area contributed by atoms with E-state index in [0.29, 0.717) is 5.92 Å². The first-order valence-electron chi connectivity index (χ1n) is 7.04. The first-order valence-corrected chi connectivity index (χ1v) is 7.42. The summed E-state index contributed by atoms with van der Waals surface area (Å²) in [4.78, 5) is 4.91. The Morgan fingerprint density at radius 1 is 1.21 bits per heavy atom. The molecular weight excluding hydrogens is 258 g/mol. The molecule has 3 nitrogen and oxygen atoms in total. The Hall–Kier alpha value is -0.770. The van der Waals surface area contributed by atoms with Crippen molar-refractivity contribution in [1.29, 1.82) is 0 Å². The Kier molecular flexibility index (Phi) is 5.08. The maximum Gasteiger partial charge on any atom is 0.0426 e. The fraction of sp³-hybridized carbons (Fsp3) is 0.600. The van der Waals surface area contributed by atoms with Gasteiger partial charge in [0.25, 0.3) is 0 Å². The summed E-state index contributed by atoms with van der Waals surface area (Å²) in [6.07, 6.45) is 0. The second kappa shape index (κ2) is 6.60. The summed E-state index contributed by atoms with van der Waals surface area (Å²) >= 11 is 6.05. The summed E-state index contributed by atoms with van der Waals surface area (Å²) in [6.45, 7) is 9.74. The van der Waals surface area contributed by atoms with Crippen LogP contribution in [0.25, 0.3) is 0 Å². The first-order chi connectivity index (χ1) is 9.06. The summed E-state index contributed by atoms with van der Waals surface area (Å²) in [7, 11) is 0. The van der Waals surface area contributed by atoms with Gasteiger partial charge >= 0.3 is 0 Å². The number of benzene rings is 1. The first kappa shape index (κ1) is 14.6. The third-order valence-corrected chi connectivity index (χ3v) is 4.22. The Morgan fingerprint density at radius 3 is 2.47 bits per heavy atom. The third kappa shape index (κ3) is 4.10. The Bertz CT molecular complexity index is 400. The highest BCUT2D eigenvalue weighted by molar-refractivity contribution is 6.30. The van der Waals surface area contributed by atoms with E-state index in [4.69, 9.17) is 17.3 Å². The number of hydrogen-bond acceptors (Lipinski definition) is 3. The second-order valence-electron chi connectivity index (χ2n) is 5.60. The predicted molar refractivity (Wildman–Crippen MR) is 82.9 cm³/mol. The summed E-state index contributed by atoms with van der Waals surface area (Å²) in [5.74, 6) is 0.553. The minimum atomic E-state index is 0.269. The average molecular weight is 282 g/mol. The lowest BCUT2D eigenvalue weighted by Gasteiger charge is -2.37. The standard InChI is InChI=1S/C15H24ClN3/c1-12(13(2)17)11-18-6-8-19(9-7-18)15-5-3-4-14(16)10-15/h3-5,10,12-13H,6-9,11,17H2,1-2H3. The number of nitrogens with zero attached hydrogens (tertiary/aromatic N) is 2. The zero-order valence-corrected chi connectivity index (χ0v) is 12.6. The van der Waals surface area contributed by atoms with Crippen molar-refractivity contribution in [3.63, 3.8) is 0 Å². The molecule has 2 atom stereocenters. The molecular formula is C15H24ClN3. The van der Waals surface area contributed by atoms with Gasteiger partial charge in [0, 0.05) is 49.5 Å². The van der Waals surface area contributed by atoms with Crippen molar-refractivity contribution in [3.8, 4) is 0 Å². The van der Waals surface area contributed by atoms with Gasteiger partial charge in [-0.1, -0.05) is 24.6 Å². The zero-order chi connectivity index (χ0) is 13.8. The number of rotatable bonds is 4. The number of halogens is 1. The normalized spacial score (nSPS) is 20.3. The van der Waals surface area contributed by atoms with E-state index in [1.165, 1.54) is 5.69 Å². The van der Waals surface area contributed by atoms with Gasteiger partial charge in [-0.2, -0.15) is 0 Å². The number of nitrogens with two attached hydrogens (primary N) is 1. The molecule has 0 spiro atoms. The monoisotopic (exact) mass is 281 g/mol. The highest BCUT2D eigenvalue weighted by Crippen LogP contribution is 2.21. The van der Waals surface area contributed by atoms with Crippen LogP contribution in [0.1, 0.15) is 13.8 Å². The van der Waals surface area contributed by atoms with Gasteiger partial charge in [0.2, 0.25) is 0 Å². The van der Waals surface area contributed by atoms with Gasteiger partial charge in [0.1, 0.15) is 0 Å². The number of anilines is 1. The van der Waals surface area contributed by atoms with Gasteiger partial charge < -0.3 is 10.6 Å². The van der Waals surface area contributed by atoms with Crippen molar-refractivity contribution in [3.05, 3.63) is 29.3 Å². The molecule has 106 valence electrons. The van der Waals surface area contributed by atoms with Crippen LogP contribution in [0.4, 0.5) is 5.69 Å². The quantitative estimate of drug-likeness (QED) is 0.920. The molecule has 0 amide bonds. The van der Waals surface area contributed by atoms with Crippen LogP contribution in [0.5, 0.6) is 0 Å². The second-order valence-corrected chi connectivity index (χ2v) is 6.04. The maximum absolute atomic E-state index is 6.05. The molecule has 2 rings (SSSR count). The van der Waals surface area contributed by atoms with Crippen molar-refractivity contribution in [1.82, 2.24) is 4.90 Å². The molecule has 0 saturated carbocycles. The largest absolute Gasteiger partial charge is 0.369 e. The van der Waals surface area contributed by atoms with Gasteiger partial charge in [0.15, 0.2) is 0 Å². The Morgan fingerprint density at radius 2 is 1.89 bits per heavy atom. The van der Waals surface area contributed by atoms with E-state index < -0.39 is 0 Å². The fourth-order valence-electron chi connectivity index (χ4n) is 2.44. The van der Waals surface area contributed by atoms with Crippen molar-refractivity contribution >= 4 is 17.3 Å². The minimum Gasteiger partial charge on any atom is -0.369 e. The lowest BCUT2D eigenvalue weighted by Crippen LogP contribution is -2.49. The van der Waals surface area contributed by atoms with Crippen LogP contribution >= 0.6 is 11.6 Å². The molecule has 0 aromatic heterocycles. The van der Waals surface area contributed by atoms with E-state index in [9.17, 15) is 0 Å². The fourth-order valence-corrected chi connectivity index (χ4v) is 2.62. The Labute approximate surface area is 121 Å². The van der Waals surface area contributed by atoms with Crippen molar-refractivity contribution in [2.45, 2.75) is 19.9 Å². The summed E-state index contributed by atoms with van der Waals surface area (Å²) in [5.41, 5.74) is 7.17. The summed E-state index contributed by atoms with van der Waals surface area (Å²) in [6, 6.07) is 8.38. The van der Waals surface area contributed by atoms with Crippen LogP contribution in [-0.2, 0) is 0 Å². The van der Waals surface area contributed by atoms with Gasteiger partial charge in [-0.15, -0.1) is 0 Å². The highest BCUT2D eigenvalue weighted by Gasteiger charge is 2.19. The molecule has 0 aliphatic carbocycles. The predicted octanol–water partition coefficient (Wildman–Crippen LogP) is 2.45. The molecule has 1 aliphatic heterocycles. The molecule has 1 fully saturated rings. The van der Waals surface area contributed by atoms with E-state index in [-0.39, 0.29) is 6.04 Å². The van der Waals surface area contributed by atoms with Crippen molar-refractivity contribution < 1.29 is 0 Å². The highest BCUT2D eigenvalue weighted by atomic mass is 35.5. The van der Waals surface area contributed by atoms with E-state index in [2.05, 4.69) is 29.7 Å². The van der Waals surface area contributed by atoms with E-state index >= 15 is 0 Å². The molecule has 1 heterocycles. The van der Waals surface area contributed by atoms with Gasteiger partial charge in [-0.05, 0) is 31.0 Å².